The van der Waals surface area contributed by atoms with Crippen molar-refractivity contribution in [1.82, 2.24) is 24.9 Å². The van der Waals surface area contributed by atoms with Crippen LogP contribution < -0.4 is 0 Å². The molecule has 2 aromatic heterocycles. The normalized spacial score (nSPS) is 17.7. The molecule has 1 aliphatic heterocycles. The number of nitrogens with zero attached hydrogens (tertiary/aromatic N) is 5. The summed E-state index contributed by atoms with van der Waals surface area (Å²) in [6.07, 6.45) is 7.03. The molecule has 0 radical (unpaired) electrons. The van der Waals surface area contributed by atoms with Crippen molar-refractivity contribution >= 4 is 12.0 Å². The van der Waals surface area contributed by atoms with Crippen molar-refractivity contribution in [3.05, 3.63) is 41.8 Å². The number of carbonyl (C=O) groups is 1. The number of hydrogen-bond acceptors (Lipinski definition) is 7. The number of pyridine rings is 1. The van der Waals surface area contributed by atoms with Gasteiger partial charge in [-0.05, 0) is 31.2 Å². The van der Waals surface area contributed by atoms with Gasteiger partial charge in [-0.15, -0.1) is 0 Å². The number of likely N-dealkylation sites (N-methyl/N-ethyl adjacent to an activating group) is 1. The predicted octanol–water partition coefficient (Wildman–Crippen LogP) is 1.22. The van der Waals surface area contributed by atoms with Gasteiger partial charge in [0.15, 0.2) is 5.82 Å². The minimum Gasteiger partial charge on any atom is -0.506 e. The number of carbonyl (C=O) groups excluding carboxylic acids is 1. The van der Waals surface area contributed by atoms with Crippen LogP contribution in [0.25, 0.3) is 6.08 Å². The zero-order valence-corrected chi connectivity index (χ0v) is 14.3. The van der Waals surface area contributed by atoms with Crippen molar-refractivity contribution in [3.8, 4) is 5.75 Å². The molecule has 132 valence electrons. The Morgan fingerprint density at radius 2 is 2.36 bits per heavy atom. The van der Waals surface area contributed by atoms with Crippen LogP contribution in [0.3, 0.4) is 0 Å². The van der Waals surface area contributed by atoms with E-state index >= 15 is 0 Å². The fraction of sp³-hybridized carbons (Fsp3) is 0.412. The molecule has 25 heavy (non-hydrogen) atoms. The molecule has 0 aromatic carbocycles. The Hall–Kier alpha value is -2.74. The van der Waals surface area contributed by atoms with E-state index < -0.39 is 0 Å². The van der Waals surface area contributed by atoms with E-state index in [0.29, 0.717) is 36.9 Å². The highest BCUT2D eigenvalue weighted by molar-refractivity contribution is 5.92. The molecule has 8 heteroatoms. The molecule has 1 aliphatic rings. The van der Waals surface area contributed by atoms with Crippen LogP contribution in [-0.4, -0.2) is 62.1 Å². The predicted molar refractivity (Wildman–Crippen MR) is 90.4 cm³/mol. The van der Waals surface area contributed by atoms with Gasteiger partial charge in [-0.25, -0.2) is 0 Å². The maximum Gasteiger partial charge on any atom is 0.246 e. The molecule has 0 saturated carbocycles. The minimum atomic E-state index is -0.0466. The molecule has 1 saturated heterocycles. The average Bonchev–Trinajstić information content (AvgIpc) is 3.22. The van der Waals surface area contributed by atoms with E-state index in [9.17, 15) is 9.90 Å². The van der Waals surface area contributed by atoms with E-state index in [0.717, 1.165) is 6.42 Å². The van der Waals surface area contributed by atoms with Crippen molar-refractivity contribution in [2.75, 3.05) is 20.1 Å². The molecule has 8 nitrogen and oxygen atoms in total. The number of hydrogen-bond donors (Lipinski definition) is 1. The third-order valence-corrected chi connectivity index (χ3v) is 4.22. The van der Waals surface area contributed by atoms with Gasteiger partial charge in [-0.3, -0.25) is 14.7 Å². The van der Waals surface area contributed by atoms with Gasteiger partial charge >= 0.3 is 0 Å². The number of likely N-dealkylation sites (tertiary alicyclic amines) is 1. The number of rotatable bonds is 5. The number of amides is 1. The van der Waals surface area contributed by atoms with Crippen LogP contribution in [0.15, 0.2) is 29.1 Å². The van der Waals surface area contributed by atoms with Gasteiger partial charge in [0, 0.05) is 38.3 Å². The lowest BCUT2D eigenvalue weighted by Crippen LogP contribution is -2.35. The van der Waals surface area contributed by atoms with Gasteiger partial charge in [0.25, 0.3) is 0 Å². The molecule has 3 heterocycles. The number of aromatic nitrogens is 3. The Morgan fingerprint density at radius 3 is 3.08 bits per heavy atom. The van der Waals surface area contributed by atoms with Gasteiger partial charge in [0.05, 0.1) is 12.7 Å². The fourth-order valence-corrected chi connectivity index (χ4v) is 2.87. The smallest absolute Gasteiger partial charge is 0.246 e. The molecule has 1 unspecified atom stereocenters. The highest BCUT2D eigenvalue weighted by Gasteiger charge is 2.28. The van der Waals surface area contributed by atoms with E-state index in [-0.39, 0.29) is 17.7 Å². The first-order valence-electron chi connectivity index (χ1n) is 8.11. The quantitative estimate of drug-likeness (QED) is 0.816. The van der Waals surface area contributed by atoms with E-state index in [1.807, 2.05) is 11.9 Å². The van der Waals surface area contributed by atoms with Crippen LogP contribution in [0.1, 0.15) is 23.7 Å². The van der Waals surface area contributed by atoms with Crippen LogP contribution in [0.2, 0.25) is 0 Å². The Morgan fingerprint density at radius 1 is 1.52 bits per heavy atom. The van der Waals surface area contributed by atoms with Gasteiger partial charge in [-0.1, -0.05) is 5.16 Å². The summed E-state index contributed by atoms with van der Waals surface area (Å²) in [6, 6.07) is 1.82. The maximum atomic E-state index is 12.3. The van der Waals surface area contributed by atoms with Crippen LogP contribution in [0.4, 0.5) is 0 Å². The molecule has 0 bridgehead atoms. The minimum absolute atomic E-state index is 0.0466. The van der Waals surface area contributed by atoms with Crippen LogP contribution in [0, 0.1) is 6.92 Å². The number of aromatic hydroxyl groups is 1. The van der Waals surface area contributed by atoms with Gasteiger partial charge in [0.2, 0.25) is 11.8 Å². The highest BCUT2D eigenvalue weighted by atomic mass is 16.5. The Kier molecular flexibility index (Phi) is 5.08. The molecule has 1 N–H and O–H groups in total. The Labute approximate surface area is 145 Å². The molecule has 1 amide bonds. The third-order valence-electron chi connectivity index (χ3n) is 4.22. The highest BCUT2D eigenvalue weighted by Crippen LogP contribution is 2.17. The second-order valence-electron chi connectivity index (χ2n) is 6.18. The summed E-state index contributed by atoms with van der Waals surface area (Å²) in [5.41, 5.74) is 0.689. The summed E-state index contributed by atoms with van der Waals surface area (Å²) in [4.78, 5) is 24.4. The zero-order valence-electron chi connectivity index (χ0n) is 14.3. The van der Waals surface area contributed by atoms with E-state index in [1.54, 1.807) is 25.3 Å². The molecule has 1 fully saturated rings. The summed E-state index contributed by atoms with van der Waals surface area (Å²) in [7, 11) is 2.00. The summed E-state index contributed by atoms with van der Waals surface area (Å²) >= 11 is 0. The summed E-state index contributed by atoms with van der Waals surface area (Å²) in [6.45, 7) is 3.73. The lowest BCUT2D eigenvalue weighted by Gasteiger charge is -2.22. The Bertz CT molecular complexity index is 773. The topological polar surface area (TPSA) is 95.6 Å². The maximum absolute atomic E-state index is 12.3. The van der Waals surface area contributed by atoms with Gasteiger partial charge < -0.3 is 14.5 Å². The largest absolute Gasteiger partial charge is 0.506 e. The SMILES string of the molecule is Cc1nc(CN(C)C2CCN(C(=O)/C=C/c3cncc(O)c3)C2)no1. The van der Waals surface area contributed by atoms with Crippen molar-refractivity contribution in [2.45, 2.75) is 25.9 Å². The van der Waals surface area contributed by atoms with Gasteiger partial charge in [-0.2, -0.15) is 4.98 Å². The van der Waals surface area contributed by atoms with Crippen LogP contribution >= 0.6 is 0 Å². The van der Waals surface area contributed by atoms with Crippen LogP contribution in [-0.2, 0) is 11.3 Å². The van der Waals surface area contributed by atoms with Crippen LogP contribution in [0.5, 0.6) is 5.75 Å². The standard InChI is InChI=1S/C17H21N5O3/c1-12-19-16(20-25-12)11-21(2)14-5-6-22(10-14)17(24)4-3-13-7-15(23)9-18-8-13/h3-4,7-9,14,23H,5-6,10-11H2,1-2H3/b4-3+. The molecule has 0 spiro atoms. The van der Waals surface area contributed by atoms with Crippen molar-refractivity contribution in [3.63, 3.8) is 0 Å². The molecule has 1 atom stereocenters. The molecule has 3 rings (SSSR count). The summed E-state index contributed by atoms with van der Waals surface area (Å²) in [5, 5.41) is 13.3. The summed E-state index contributed by atoms with van der Waals surface area (Å²) < 4.78 is 4.99. The number of aryl methyl sites for hydroxylation is 1. The lowest BCUT2D eigenvalue weighted by molar-refractivity contribution is -0.125. The van der Waals surface area contributed by atoms with Crippen molar-refractivity contribution < 1.29 is 14.4 Å². The lowest BCUT2D eigenvalue weighted by atomic mass is 10.2. The second-order valence-corrected chi connectivity index (χ2v) is 6.18. The van der Waals surface area contributed by atoms with E-state index in [2.05, 4.69) is 20.0 Å². The third kappa shape index (κ3) is 4.42. The van der Waals surface area contributed by atoms with Crippen molar-refractivity contribution in [2.24, 2.45) is 0 Å². The molecular weight excluding hydrogens is 322 g/mol. The average molecular weight is 343 g/mol. The van der Waals surface area contributed by atoms with Crippen molar-refractivity contribution in [1.29, 1.82) is 0 Å². The monoisotopic (exact) mass is 343 g/mol. The van der Waals surface area contributed by atoms with E-state index in [1.165, 1.54) is 12.3 Å². The Balaban J connectivity index is 1.53. The molecule has 0 aliphatic carbocycles. The summed E-state index contributed by atoms with van der Waals surface area (Å²) in [5.74, 6) is 1.24. The second kappa shape index (κ2) is 7.43. The zero-order chi connectivity index (χ0) is 17.8. The molecule has 2 aromatic rings. The van der Waals surface area contributed by atoms with Gasteiger partial charge in [0.1, 0.15) is 5.75 Å². The molecular formula is C17H21N5O3. The van der Waals surface area contributed by atoms with E-state index in [4.69, 9.17) is 4.52 Å². The fourth-order valence-electron chi connectivity index (χ4n) is 2.87. The first-order chi connectivity index (χ1) is 12.0. The first kappa shape index (κ1) is 17.1. The first-order valence-corrected chi connectivity index (χ1v) is 8.11.